The maximum atomic E-state index is 11.8. The van der Waals surface area contributed by atoms with Crippen LogP contribution in [0.4, 0.5) is 5.82 Å². The topological polar surface area (TPSA) is 110 Å². The van der Waals surface area contributed by atoms with Crippen LogP contribution in [0.3, 0.4) is 0 Å². The van der Waals surface area contributed by atoms with E-state index in [1.807, 2.05) is 32.0 Å². The molecule has 1 aromatic carbocycles. The number of amides is 1. The monoisotopic (exact) mass is 353 g/mol. The summed E-state index contributed by atoms with van der Waals surface area (Å²) in [6, 6.07) is 7.54. The summed E-state index contributed by atoms with van der Waals surface area (Å²) < 4.78 is 4.74. The van der Waals surface area contributed by atoms with Crippen molar-refractivity contribution in [2.75, 3.05) is 11.9 Å². The van der Waals surface area contributed by atoms with Crippen LogP contribution in [0.1, 0.15) is 24.6 Å². The minimum atomic E-state index is -0.577. The van der Waals surface area contributed by atoms with Gasteiger partial charge in [-0.15, -0.1) is 0 Å². The number of esters is 1. The largest absolute Gasteiger partial charge is 0.466 e. The number of nitrogens with one attached hydrogen (secondary N) is 2. The second-order valence-corrected chi connectivity index (χ2v) is 5.85. The minimum absolute atomic E-state index is 0.234. The van der Waals surface area contributed by atoms with Crippen LogP contribution in [0.5, 0.6) is 0 Å². The Labute approximate surface area is 150 Å². The van der Waals surface area contributed by atoms with Crippen LogP contribution in [0.15, 0.2) is 24.3 Å². The van der Waals surface area contributed by atoms with Gasteiger partial charge in [0.15, 0.2) is 5.82 Å². The number of anilines is 1. The average Bonchev–Trinajstić information content (AvgIpc) is 3.02. The van der Waals surface area contributed by atoms with Crippen LogP contribution in [0, 0.1) is 13.8 Å². The molecule has 134 valence electrons. The molecule has 2 N–H and O–H groups in total. The van der Waals surface area contributed by atoms with E-state index in [9.17, 15) is 9.59 Å². The summed E-state index contributed by atoms with van der Waals surface area (Å²) in [6.07, 6.45) is -0.357. The molecule has 0 fully saturated rings. The van der Waals surface area contributed by atoms with E-state index in [1.165, 1.54) is 0 Å². The molecule has 2 aromatic heterocycles. The van der Waals surface area contributed by atoms with E-state index in [2.05, 4.69) is 25.5 Å². The highest BCUT2D eigenvalue weighted by atomic mass is 16.5. The Morgan fingerprint density at radius 2 is 1.96 bits per heavy atom. The Hall–Kier alpha value is -3.29. The van der Waals surface area contributed by atoms with Crippen LogP contribution < -0.4 is 5.32 Å². The van der Waals surface area contributed by atoms with Gasteiger partial charge in [-0.05, 0) is 38.5 Å². The molecule has 0 unspecified atom stereocenters. The first-order valence-electron chi connectivity index (χ1n) is 8.22. The lowest BCUT2D eigenvalue weighted by Crippen LogP contribution is -2.18. The number of carbonyl (C=O) groups excluding carboxylic acids is 2. The lowest BCUT2D eigenvalue weighted by molar-refractivity contribution is -0.145. The van der Waals surface area contributed by atoms with Crippen molar-refractivity contribution in [3.05, 3.63) is 35.5 Å². The normalized spacial score (nSPS) is 10.7. The quantitative estimate of drug-likeness (QED) is 0.539. The Morgan fingerprint density at radius 3 is 2.73 bits per heavy atom. The van der Waals surface area contributed by atoms with Crippen molar-refractivity contribution in [2.45, 2.75) is 27.2 Å². The lowest BCUT2D eigenvalue weighted by Gasteiger charge is -2.05. The number of benzene rings is 1. The van der Waals surface area contributed by atoms with Gasteiger partial charge in [0.05, 0.1) is 29.0 Å². The Morgan fingerprint density at radius 1 is 1.15 bits per heavy atom. The third kappa shape index (κ3) is 3.85. The highest BCUT2D eigenvalue weighted by Gasteiger charge is 2.14. The van der Waals surface area contributed by atoms with Crippen molar-refractivity contribution in [3.8, 4) is 11.4 Å². The van der Waals surface area contributed by atoms with Gasteiger partial charge in [-0.2, -0.15) is 5.10 Å². The molecular weight excluding hydrogens is 334 g/mol. The fourth-order valence-electron chi connectivity index (χ4n) is 2.54. The SMILES string of the molecule is CCOC(=O)CC(=O)Nc1cc(-c2nc3cc(C)ccc3nc2C)[nH]n1. The van der Waals surface area contributed by atoms with Gasteiger partial charge < -0.3 is 10.1 Å². The summed E-state index contributed by atoms with van der Waals surface area (Å²) in [5.74, 6) is -0.759. The second kappa shape index (κ2) is 7.30. The fourth-order valence-corrected chi connectivity index (χ4v) is 2.54. The highest BCUT2D eigenvalue weighted by Crippen LogP contribution is 2.23. The van der Waals surface area contributed by atoms with Gasteiger partial charge in [0.2, 0.25) is 5.91 Å². The van der Waals surface area contributed by atoms with Gasteiger partial charge in [0, 0.05) is 6.07 Å². The smallest absolute Gasteiger partial charge is 0.315 e. The van der Waals surface area contributed by atoms with Crippen molar-refractivity contribution < 1.29 is 14.3 Å². The number of carbonyl (C=O) groups is 2. The fraction of sp³-hybridized carbons (Fsp3) is 0.278. The standard InChI is InChI=1S/C18H19N5O3/c1-4-26-17(25)9-16(24)21-15-8-14(22-23-15)18-11(3)19-12-6-5-10(2)7-13(12)20-18/h5-8H,4,9H2,1-3H3,(H2,21,22,23,24). The maximum Gasteiger partial charge on any atom is 0.315 e. The zero-order valence-electron chi connectivity index (χ0n) is 14.8. The molecule has 0 saturated carbocycles. The number of aryl methyl sites for hydroxylation is 2. The molecule has 0 bridgehead atoms. The zero-order valence-corrected chi connectivity index (χ0v) is 14.8. The number of fused-ring (bicyclic) bond motifs is 1. The molecule has 0 aliphatic carbocycles. The van der Waals surface area contributed by atoms with Crippen molar-refractivity contribution in [3.63, 3.8) is 0 Å². The van der Waals surface area contributed by atoms with E-state index in [1.54, 1.807) is 13.0 Å². The maximum absolute atomic E-state index is 11.8. The number of hydrogen-bond acceptors (Lipinski definition) is 6. The van der Waals surface area contributed by atoms with Crippen LogP contribution in [-0.4, -0.2) is 38.6 Å². The highest BCUT2D eigenvalue weighted by molar-refractivity contribution is 6.01. The molecular formula is C18H19N5O3. The zero-order chi connectivity index (χ0) is 18.7. The van der Waals surface area contributed by atoms with Crippen molar-refractivity contribution in [1.82, 2.24) is 20.2 Å². The van der Waals surface area contributed by atoms with Gasteiger partial charge in [-0.25, -0.2) is 9.97 Å². The molecule has 1 amide bonds. The molecule has 0 aliphatic heterocycles. The molecule has 2 heterocycles. The number of H-pyrrole nitrogens is 1. The van der Waals surface area contributed by atoms with E-state index >= 15 is 0 Å². The third-order valence-corrected chi connectivity index (χ3v) is 3.70. The first-order valence-corrected chi connectivity index (χ1v) is 8.22. The van der Waals surface area contributed by atoms with Crippen LogP contribution in [0.25, 0.3) is 22.4 Å². The Balaban J connectivity index is 1.81. The summed E-state index contributed by atoms with van der Waals surface area (Å²) in [6.45, 7) is 5.78. The van der Waals surface area contributed by atoms with Crippen molar-refractivity contribution in [1.29, 1.82) is 0 Å². The number of nitrogens with zero attached hydrogens (tertiary/aromatic N) is 3. The molecule has 8 heteroatoms. The summed E-state index contributed by atoms with van der Waals surface area (Å²) in [4.78, 5) is 32.4. The summed E-state index contributed by atoms with van der Waals surface area (Å²) >= 11 is 0. The number of aromatic amines is 1. The summed E-state index contributed by atoms with van der Waals surface area (Å²) in [7, 11) is 0. The second-order valence-electron chi connectivity index (χ2n) is 5.85. The van der Waals surface area contributed by atoms with Crippen LogP contribution >= 0.6 is 0 Å². The number of aromatic nitrogens is 4. The van der Waals surface area contributed by atoms with Crippen molar-refractivity contribution in [2.24, 2.45) is 0 Å². The Bertz CT molecular complexity index is 980. The summed E-state index contributed by atoms with van der Waals surface area (Å²) in [5.41, 5.74) is 4.73. The van der Waals surface area contributed by atoms with Crippen LogP contribution in [-0.2, 0) is 14.3 Å². The first-order chi connectivity index (χ1) is 12.5. The molecule has 0 spiro atoms. The predicted molar refractivity (Wildman–Crippen MR) is 96.5 cm³/mol. The number of hydrogen-bond donors (Lipinski definition) is 2. The van der Waals surface area contributed by atoms with Gasteiger partial charge in [0.25, 0.3) is 0 Å². The first kappa shape index (κ1) is 17.5. The van der Waals surface area contributed by atoms with Gasteiger partial charge in [0.1, 0.15) is 12.1 Å². The van der Waals surface area contributed by atoms with E-state index in [0.29, 0.717) is 17.2 Å². The van der Waals surface area contributed by atoms with E-state index in [0.717, 1.165) is 22.3 Å². The summed E-state index contributed by atoms with van der Waals surface area (Å²) in [5, 5.41) is 9.45. The molecule has 3 aromatic rings. The molecule has 0 aliphatic rings. The van der Waals surface area contributed by atoms with E-state index < -0.39 is 11.9 Å². The average molecular weight is 353 g/mol. The van der Waals surface area contributed by atoms with Crippen molar-refractivity contribution >= 4 is 28.7 Å². The van der Waals surface area contributed by atoms with Gasteiger partial charge >= 0.3 is 5.97 Å². The molecule has 3 rings (SSSR count). The molecule has 0 saturated heterocycles. The van der Waals surface area contributed by atoms with E-state index in [4.69, 9.17) is 4.74 Å². The van der Waals surface area contributed by atoms with E-state index in [-0.39, 0.29) is 13.0 Å². The predicted octanol–water partition coefficient (Wildman–Crippen LogP) is 2.53. The molecule has 0 radical (unpaired) electrons. The molecule has 8 nitrogen and oxygen atoms in total. The minimum Gasteiger partial charge on any atom is -0.466 e. The Kier molecular flexibility index (Phi) is 4.92. The van der Waals surface area contributed by atoms with Gasteiger partial charge in [-0.1, -0.05) is 6.07 Å². The van der Waals surface area contributed by atoms with Crippen LogP contribution in [0.2, 0.25) is 0 Å². The number of ether oxygens (including phenoxy) is 1. The third-order valence-electron chi connectivity index (χ3n) is 3.70. The molecule has 0 atom stereocenters. The molecule has 26 heavy (non-hydrogen) atoms. The lowest BCUT2D eigenvalue weighted by atomic mass is 10.2. The number of rotatable bonds is 5. The van der Waals surface area contributed by atoms with Gasteiger partial charge in [-0.3, -0.25) is 14.7 Å².